The molecule has 196 valence electrons. The number of benzene rings is 3. The largest absolute Gasteiger partial charge is 0.493 e. The van der Waals surface area contributed by atoms with Gasteiger partial charge in [-0.05, 0) is 48.0 Å². The number of pyridine rings is 1. The van der Waals surface area contributed by atoms with Crippen LogP contribution in [0.25, 0.3) is 33.3 Å². The van der Waals surface area contributed by atoms with Crippen LogP contribution in [-0.4, -0.2) is 38.2 Å². The fourth-order valence-electron chi connectivity index (χ4n) is 4.27. The van der Waals surface area contributed by atoms with E-state index in [-0.39, 0.29) is 11.5 Å². The van der Waals surface area contributed by atoms with Crippen LogP contribution in [0.1, 0.15) is 20.7 Å². The first kappa shape index (κ1) is 26.2. The lowest BCUT2D eigenvalue weighted by Gasteiger charge is -2.13. The highest BCUT2D eigenvalue weighted by atomic mass is 35.5. The van der Waals surface area contributed by atoms with Crippen molar-refractivity contribution in [3.8, 4) is 33.9 Å². The Morgan fingerprint density at radius 1 is 0.872 bits per heavy atom. The van der Waals surface area contributed by atoms with E-state index in [9.17, 15) is 9.59 Å². The Morgan fingerprint density at radius 2 is 1.59 bits per heavy atom. The van der Waals surface area contributed by atoms with Crippen LogP contribution in [0.4, 0.5) is 5.00 Å². The van der Waals surface area contributed by atoms with Gasteiger partial charge in [-0.1, -0.05) is 41.9 Å². The predicted octanol–water partition coefficient (Wildman–Crippen LogP) is 7.34. The van der Waals surface area contributed by atoms with Gasteiger partial charge < -0.3 is 19.5 Å². The highest BCUT2D eigenvalue weighted by Crippen LogP contribution is 2.38. The summed E-state index contributed by atoms with van der Waals surface area (Å²) in [5.74, 6) is 0.198. The molecule has 0 radical (unpaired) electrons. The van der Waals surface area contributed by atoms with Crippen LogP contribution in [0.3, 0.4) is 0 Å². The molecule has 0 aliphatic carbocycles. The van der Waals surface area contributed by atoms with Gasteiger partial charge in [0.2, 0.25) is 0 Å². The van der Waals surface area contributed by atoms with Crippen LogP contribution < -0.4 is 14.8 Å². The lowest BCUT2D eigenvalue weighted by Crippen LogP contribution is -2.15. The maximum atomic E-state index is 13.7. The van der Waals surface area contributed by atoms with Crippen LogP contribution >= 0.6 is 22.9 Å². The van der Waals surface area contributed by atoms with Crippen LogP contribution in [0, 0.1) is 0 Å². The molecular formula is C30H23ClN2O5S. The lowest BCUT2D eigenvalue weighted by atomic mass is 10.0. The molecule has 5 rings (SSSR count). The molecule has 1 amide bonds. The van der Waals surface area contributed by atoms with Crippen LogP contribution in [0.2, 0.25) is 5.02 Å². The highest BCUT2D eigenvalue weighted by molar-refractivity contribution is 7.15. The number of halogens is 1. The SMILES string of the molecule is COC(=O)c1c(-c2ccc(Cl)cc2)csc1NC(=O)c1cc(-c2ccc(OC)c(OC)c2)nc2ccccc12. The summed E-state index contributed by atoms with van der Waals surface area (Å²) in [5, 5.41) is 6.38. The Labute approximate surface area is 233 Å². The molecule has 0 saturated carbocycles. The van der Waals surface area contributed by atoms with Gasteiger partial charge >= 0.3 is 5.97 Å². The Morgan fingerprint density at radius 3 is 2.31 bits per heavy atom. The number of methoxy groups -OCH3 is 3. The third kappa shape index (κ3) is 5.16. The zero-order valence-electron chi connectivity index (χ0n) is 21.3. The second-order valence-corrected chi connectivity index (χ2v) is 9.76. The number of thiophene rings is 1. The number of esters is 1. The maximum absolute atomic E-state index is 13.7. The molecule has 0 aliphatic rings. The number of aromatic nitrogens is 1. The van der Waals surface area contributed by atoms with Gasteiger partial charge in [0, 0.05) is 26.9 Å². The normalized spacial score (nSPS) is 10.8. The minimum atomic E-state index is -0.554. The molecule has 0 saturated heterocycles. The van der Waals surface area contributed by atoms with E-state index in [1.807, 2.05) is 53.9 Å². The number of nitrogens with zero attached hydrogens (tertiary/aromatic N) is 1. The standard InChI is InChI=1S/C30H23ClN2O5S/c1-36-25-13-10-18(14-26(25)37-2)24-15-21(20-6-4-5-7-23(20)32-24)28(34)33-29-27(30(35)38-3)22(16-39-29)17-8-11-19(31)12-9-17/h4-16H,1-3H3,(H,33,34). The summed E-state index contributed by atoms with van der Waals surface area (Å²) in [7, 11) is 4.44. The Kier molecular flexibility index (Phi) is 7.49. The molecule has 0 spiro atoms. The predicted molar refractivity (Wildman–Crippen MR) is 154 cm³/mol. The summed E-state index contributed by atoms with van der Waals surface area (Å²) in [6, 6.07) is 21.7. The van der Waals surface area contributed by atoms with Crippen molar-refractivity contribution in [3.05, 3.63) is 94.3 Å². The number of hydrogen-bond acceptors (Lipinski definition) is 7. The molecule has 0 fully saturated rings. The minimum Gasteiger partial charge on any atom is -0.493 e. The van der Waals surface area contributed by atoms with E-state index >= 15 is 0 Å². The van der Waals surface area contributed by atoms with Crippen molar-refractivity contribution in [2.45, 2.75) is 0 Å². The summed E-state index contributed by atoms with van der Waals surface area (Å²) in [6.07, 6.45) is 0. The first-order chi connectivity index (χ1) is 18.9. The molecule has 2 aromatic heterocycles. The van der Waals surface area contributed by atoms with Gasteiger partial charge in [-0.15, -0.1) is 11.3 Å². The van der Waals surface area contributed by atoms with Gasteiger partial charge in [0.15, 0.2) is 11.5 Å². The summed E-state index contributed by atoms with van der Waals surface area (Å²) in [4.78, 5) is 31.3. The number of hydrogen-bond donors (Lipinski definition) is 1. The molecule has 9 heteroatoms. The van der Waals surface area contributed by atoms with Crippen molar-refractivity contribution in [3.63, 3.8) is 0 Å². The Hall–Kier alpha value is -4.40. The molecule has 1 N–H and O–H groups in total. The van der Waals surface area contributed by atoms with E-state index in [0.29, 0.717) is 49.2 Å². The fourth-order valence-corrected chi connectivity index (χ4v) is 5.35. The van der Waals surface area contributed by atoms with Crippen molar-refractivity contribution < 1.29 is 23.8 Å². The second-order valence-electron chi connectivity index (χ2n) is 8.45. The van der Waals surface area contributed by atoms with Crippen LogP contribution in [-0.2, 0) is 4.74 Å². The molecule has 2 heterocycles. The van der Waals surface area contributed by atoms with E-state index in [2.05, 4.69) is 5.32 Å². The monoisotopic (exact) mass is 558 g/mol. The van der Waals surface area contributed by atoms with Gasteiger partial charge in [0.1, 0.15) is 10.6 Å². The lowest BCUT2D eigenvalue weighted by molar-refractivity contribution is 0.0603. The highest BCUT2D eigenvalue weighted by Gasteiger charge is 2.24. The molecule has 7 nitrogen and oxygen atoms in total. The van der Waals surface area contributed by atoms with E-state index < -0.39 is 5.97 Å². The molecule has 5 aromatic rings. The van der Waals surface area contributed by atoms with Crippen molar-refractivity contribution in [1.29, 1.82) is 0 Å². The van der Waals surface area contributed by atoms with E-state index in [1.54, 1.807) is 38.5 Å². The molecule has 0 unspecified atom stereocenters. The minimum absolute atomic E-state index is 0.275. The number of para-hydroxylation sites is 1. The van der Waals surface area contributed by atoms with Crippen LogP contribution in [0.15, 0.2) is 78.2 Å². The first-order valence-corrected chi connectivity index (χ1v) is 13.1. The number of fused-ring (bicyclic) bond motifs is 1. The van der Waals surface area contributed by atoms with Crippen LogP contribution in [0.5, 0.6) is 11.5 Å². The Balaban J connectivity index is 1.58. The first-order valence-electron chi connectivity index (χ1n) is 11.8. The van der Waals surface area contributed by atoms with E-state index in [4.69, 9.17) is 30.8 Å². The number of carbonyl (C=O) groups excluding carboxylic acids is 2. The van der Waals surface area contributed by atoms with Gasteiger partial charge in [-0.3, -0.25) is 4.79 Å². The molecule has 3 aromatic carbocycles. The average Bonchev–Trinajstić information content (AvgIpc) is 3.39. The smallest absolute Gasteiger partial charge is 0.341 e. The van der Waals surface area contributed by atoms with Gasteiger partial charge in [-0.25, -0.2) is 9.78 Å². The zero-order chi connectivity index (χ0) is 27.5. The summed E-state index contributed by atoms with van der Waals surface area (Å²) in [5.41, 5.74) is 4.09. The quantitative estimate of drug-likeness (QED) is 0.210. The average molecular weight is 559 g/mol. The molecule has 0 bridgehead atoms. The number of carbonyl (C=O) groups is 2. The van der Waals surface area contributed by atoms with Crippen molar-refractivity contribution >= 4 is 50.7 Å². The summed E-state index contributed by atoms with van der Waals surface area (Å²) in [6.45, 7) is 0. The number of nitrogens with one attached hydrogen (secondary N) is 1. The van der Waals surface area contributed by atoms with Crippen molar-refractivity contribution in [1.82, 2.24) is 4.98 Å². The number of amides is 1. The Bertz CT molecular complexity index is 1700. The van der Waals surface area contributed by atoms with Crippen molar-refractivity contribution in [2.24, 2.45) is 0 Å². The number of ether oxygens (including phenoxy) is 3. The van der Waals surface area contributed by atoms with Crippen molar-refractivity contribution in [2.75, 3.05) is 26.6 Å². The maximum Gasteiger partial charge on any atom is 0.341 e. The summed E-state index contributed by atoms with van der Waals surface area (Å²) < 4.78 is 15.9. The van der Waals surface area contributed by atoms with E-state index in [1.165, 1.54) is 18.4 Å². The fraction of sp³-hybridized carbons (Fsp3) is 0.100. The second kappa shape index (κ2) is 11.1. The van der Waals surface area contributed by atoms with Gasteiger partial charge in [0.05, 0.1) is 38.1 Å². The third-order valence-electron chi connectivity index (χ3n) is 6.20. The third-order valence-corrected chi connectivity index (χ3v) is 7.35. The molecule has 0 aliphatic heterocycles. The summed E-state index contributed by atoms with van der Waals surface area (Å²) >= 11 is 7.29. The zero-order valence-corrected chi connectivity index (χ0v) is 22.9. The molecule has 39 heavy (non-hydrogen) atoms. The number of anilines is 1. The van der Waals surface area contributed by atoms with Gasteiger partial charge in [0.25, 0.3) is 5.91 Å². The molecular weight excluding hydrogens is 536 g/mol. The number of rotatable bonds is 7. The van der Waals surface area contributed by atoms with E-state index in [0.717, 1.165) is 11.1 Å². The van der Waals surface area contributed by atoms with Gasteiger partial charge in [-0.2, -0.15) is 0 Å². The molecule has 0 atom stereocenters. The topological polar surface area (TPSA) is 86.8 Å².